The van der Waals surface area contributed by atoms with Gasteiger partial charge in [0.2, 0.25) is 5.76 Å². The molecule has 3 heterocycles. The number of aromatic nitrogens is 2. The third-order valence-electron chi connectivity index (χ3n) is 4.16. The smallest absolute Gasteiger partial charge is 0.292 e. The second-order valence-electron chi connectivity index (χ2n) is 5.82. The average Bonchev–Trinajstić information content (AvgIpc) is 3.04. The fraction of sp³-hybridized carbons (Fsp3) is 0.471. The van der Waals surface area contributed by atoms with Crippen LogP contribution in [0.25, 0.3) is 0 Å². The molecule has 1 aliphatic rings. The summed E-state index contributed by atoms with van der Waals surface area (Å²) in [6, 6.07) is 7.74. The third-order valence-corrected chi connectivity index (χ3v) is 4.16. The molecule has 22 heavy (non-hydrogen) atoms. The van der Waals surface area contributed by atoms with Crippen molar-refractivity contribution in [1.29, 1.82) is 0 Å². The molecule has 0 saturated carbocycles. The number of rotatable bonds is 4. The van der Waals surface area contributed by atoms with Crippen molar-refractivity contribution in [2.24, 2.45) is 5.92 Å². The monoisotopic (exact) mass is 299 g/mol. The van der Waals surface area contributed by atoms with Crippen LogP contribution < -0.4 is 0 Å². The molecular weight excluding hydrogens is 278 g/mol. The largest absolute Gasteiger partial charge is 0.351 e. The van der Waals surface area contributed by atoms with E-state index in [1.165, 1.54) is 0 Å². The minimum absolute atomic E-state index is 0.0436. The van der Waals surface area contributed by atoms with Crippen LogP contribution in [-0.4, -0.2) is 34.0 Å². The molecule has 0 aliphatic carbocycles. The van der Waals surface area contributed by atoms with Gasteiger partial charge in [-0.15, -0.1) is 0 Å². The van der Waals surface area contributed by atoms with Crippen molar-refractivity contribution in [2.45, 2.75) is 32.6 Å². The predicted octanol–water partition coefficient (Wildman–Crippen LogP) is 2.73. The number of hydrogen-bond acceptors (Lipinski definition) is 4. The quantitative estimate of drug-likeness (QED) is 0.871. The van der Waals surface area contributed by atoms with Crippen LogP contribution in [0.3, 0.4) is 0 Å². The van der Waals surface area contributed by atoms with Crippen molar-refractivity contribution in [1.82, 2.24) is 15.0 Å². The first kappa shape index (κ1) is 14.8. The Labute approximate surface area is 130 Å². The first-order valence-electron chi connectivity index (χ1n) is 7.91. The Kier molecular flexibility index (Phi) is 4.51. The van der Waals surface area contributed by atoms with Gasteiger partial charge in [0.05, 0.1) is 5.69 Å². The van der Waals surface area contributed by atoms with E-state index in [2.05, 4.69) is 10.1 Å². The standard InChI is InChI=1S/C17H21N3O2/c1-2-14-11-16(22-19-14)17(21)20-9-5-6-13(12-20)10-15-7-3-4-8-18-15/h3-4,7-8,11,13H,2,5-6,9-10,12H2,1H3. The van der Waals surface area contributed by atoms with Gasteiger partial charge in [-0.05, 0) is 43.7 Å². The highest BCUT2D eigenvalue weighted by Gasteiger charge is 2.27. The van der Waals surface area contributed by atoms with Crippen molar-refractivity contribution in [3.05, 3.63) is 47.6 Å². The number of hydrogen-bond donors (Lipinski definition) is 0. The molecule has 0 spiro atoms. The molecule has 1 atom stereocenters. The lowest BCUT2D eigenvalue weighted by atomic mass is 9.93. The molecule has 1 unspecified atom stereocenters. The summed E-state index contributed by atoms with van der Waals surface area (Å²) in [7, 11) is 0. The van der Waals surface area contributed by atoms with Gasteiger partial charge in [-0.1, -0.05) is 18.1 Å². The van der Waals surface area contributed by atoms with Gasteiger partial charge in [0.25, 0.3) is 5.91 Å². The maximum absolute atomic E-state index is 12.5. The van der Waals surface area contributed by atoms with Crippen molar-refractivity contribution in [3.63, 3.8) is 0 Å². The lowest BCUT2D eigenvalue weighted by Crippen LogP contribution is -2.40. The van der Waals surface area contributed by atoms with Crippen LogP contribution in [-0.2, 0) is 12.8 Å². The molecule has 1 fully saturated rings. The van der Waals surface area contributed by atoms with Gasteiger partial charge in [-0.2, -0.15) is 0 Å². The van der Waals surface area contributed by atoms with E-state index in [1.807, 2.05) is 36.2 Å². The second-order valence-corrected chi connectivity index (χ2v) is 5.82. The van der Waals surface area contributed by atoms with E-state index in [0.29, 0.717) is 11.7 Å². The van der Waals surface area contributed by atoms with Crippen molar-refractivity contribution >= 4 is 5.91 Å². The fourth-order valence-electron chi connectivity index (χ4n) is 2.97. The molecule has 2 aromatic heterocycles. The van der Waals surface area contributed by atoms with Crippen molar-refractivity contribution < 1.29 is 9.32 Å². The molecule has 0 N–H and O–H groups in total. The number of pyridine rings is 1. The maximum Gasteiger partial charge on any atom is 0.292 e. The Balaban J connectivity index is 1.63. The number of nitrogens with zero attached hydrogens (tertiary/aromatic N) is 3. The predicted molar refractivity (Wildman–Crippen MR) is 82.4 cm³/mol. The minimum Gasteiger partial charge on any atom is -0.351 e. The highest BCUT2D eigenvalue weighted by molar-refractivity contribution is 5.91. The van der Waals surface area contributed by atoms with E-state index in [4.69, 9.17) is 4.52 Å². The molecule has 0 bridgehead atoms. The summed E-state index contributed by atoms with van der Waals surface area (Å²) in [5.41, 5.74) is 1.92. The van der Waals surface area contributed by atoms with Crippen LogP contribution in [0.5, 0.6) is 0 Å². The number of carbonyl (C=O) groups is 1. The van der Waals surface area contributed by atoms with Crippen LogP contribution in [0.15, 0.2) is 35.0 Å². The van der Waals surface area contributed by atoms with Crippen LogP contribution in [0, 0.1) is 5.92 Å². The van der Waals surface area contributed by atoms with Gasteiger partial charge in [-0.3, -0.25) is 9.78 Å². The first-order valence-corrected chi connectivity index (χ1v) is 7.91. The molecule has 3 rings (SSSR count). The van der Waals surface area contributed by atoms with Crippen LogP contribution >= 0.6 is 0 Å². The zero-order chi connectivity index (χ0) is 15.4. The zero-order valence-corrected chi connectivity index (χ0v) is 12.9. The Morgan fingerprint density at radius 1 is 1.41 bits per heavy atom. The maximum atomic E-state index is 12.5. The summed E-state index contributed by atoms with van der Waals surface area (Å²) in [6.45, 7) is 3.55. The molecule has 1 aliphatic heterocycles. The van der Waals surface area contributed by atoms with Gasteiger partial charge < -0.3 is 9.42 Å². The number of carbonyl (C=O) groups excluding carboxylic acids is 1. The molecule has 5 heteroatoms. The van der Waals surface area contributed by atoms with Crippen molar-refractivity contribution in [3.8, 4) is 0 Å². The average molecular weight is 299 g/mol. The Bertz CT molecular complexity index is 624. The first-order chi connectivity index (χ1) is 10.8. The Hall–Kier alpha value is -2.17. The number of piperidine rings is 1. The van der Waals surface area contributed by atoms with E-state index in [-0.39, 0.29) is 5.91 Å². The van der Waals surface area contributed by atoms with E-state index in [0.717, 1.165) is 50.2 Å². The molecule has 5 nitrogen and oxygen atoms in total. The molecule has 116 valence electrons. The van der Waals surface area contributed by atoms with Crippen LogP contribution in [0.1, 0.15) is 41.7 Å². The molecule has 1 amide bonds. The van der Waals surface area contributed by atoms with Crippen LogP contribution in [0.2, 0.25) is 0 Å². The van der Waals surface area contributed by atoms with Gasteiger partial charge in [0.1, 0.15) is 0 Å². The van der Waals surface area contributed by atoms with Crippen molar-refractivity contribution in [2.75, 3.05) is 13.1 Å². The number of likely N-dealkylation sites (tertiary alicyclic amines) is 1. The van der Waals surface area contributed by atoms with E-state index in [9.17, 15) is 4.79 Å². The summed E-state index contributed by atoms with van der Waals surface area (Å²) in [5, 5.41) is 3.90. The summed E-state index contributed by atoms with van der Waals surface area (Å²) < 4.78 is 5.17. The highest BCUT2D eigenvalue weighted by Crippen LogP contribution is 2.22. The third kappa shape index (κ3) is 3.35. The molecule has 0 radical (unpaired) electrons. The molecular formula is C17H21N3O2. The van der Waals surface area contributed by atoms with E-state index >= 15 is 0 Å². The summed E-state index contributed by atoms with van der Waals surface area (Å²) in [4.78, 5) is 18.8. The Morgan fingerprint density at radius 2 is 2.32 bits per heavy atom. The van der Waals surface area contributed by atoms with Crippen LogP contribution in [0.4, 0.5) is 0 Å². The molecule has 1 saturated heterocycles. The van der Waals surface area contributed by atoms with Gasteiger partial charge >= 0.3 is 0 Å². The second kappa shape index (κ2) is 6.73. The van der Waals surface area contributed by atoms with E-state index < -0.39 is 0 Å². The van der Waals surface area contributed by atoms with Gasteiger partial charge in [0.15, 0.2) is 0 Å². The minimum atomic E-state index is -0.0436. The molecule has 0 aromatic carbocycles. The normalized spacial score (nSPS) is 18.4. The van der Waals surface area contributed by atoms with Gasteiger partial charge in [-0.25, -0.2) is 0 Å². The van der Waals surface area contributed by atoms with Gasteiger partial charge in [0, 0.05) is 31.0 Å². The summed E-state index contributed by atoms with van der Waals surface area (Å²) in [5.74, 6) is 0.773. The fourth-order valence-corrected chi connectivity index (χ4v) is 2.97. The number of amides is 1. The lowest BCUT2D eigenvalue weighted by molar-refractivity contribution is 0.0631. The zero-order valence-electron chi connectivity index (χ0n) is 12.9. The number of aryl methyl sites for hydroxylation is 1. The Morgan fingerprint density at radius 3 is 3.05 bits per heavy atom. The summed E-state index contributed by atoms with van der Waals surface area (Å²) in [6.07, 6.45) is 5.68. The van der Waals surface area contributed by atoms with E-state index in [1.54, 1.807) is 6.07 Å². The lowest BCUT2D eigenvalue weighted by Gasteiger charge is -2.32. The molecule has 2 aromatic rings. The summed E-state index contributed by atoms with van der Waals surface area (Å²) >= 11 is 0. The topological polar surface area (TPSA) is 59.2 Å². The SMILES string of the molecule is CCc1cc(C(=O)N2CCCC(Cc3ccccn3)C2)on1. The highest BCUT2D eigenvalue weighted by atomic mass is 16.5.